The minimum Gasteiger partial charge on any atom is -0.484 e. The lowest BCUT2D eigenvalue weighted by molar-refractivity contribution is -0.122. The van der Waals surface area contributed by atoms with Crippen molar-refractivity contribution in [1.82, 2.24) is 10.0 Å². The lowest BCUT2D eigenvalue weighted by atomic mass is 10.1. The van der Waals surface area contributed by atoms with E-state index in [9.17, 15) is 18.0 Å². The van der Waals surface area contributed by atoms with Gasteiger partial charge < -0.3 is 15.4 Å². The summed E-state index contributed by atoms with van der Waals surface area (Å²) < 4.78 is 33.1. The third-order valence-corrected chi connectivity index (χ3v) is 6.02. The van der Waals surface area contributed by atoms with Gasteiger partial charge in [-0.25, -0.2) is 13.1 Å². The van der Waals surface area contributed by atoms with Crippen LogP contribution < -0.4 is 20.1 Å². The van der Waals surface area contributed by atoms with Crippen LogP contribution in [0.25, 0.3) is 0 Å². The molecule has 0 atom stereocenters. The van der Waals surface area contributed by atoms with Crippen LogP contribution in [0.15, 0.2) is 47.4 Å². The second kappa shape index (κ2) is 10.1. The van der Waals surface area contributed by atoms with Crippen molar-refractivity contribution in [3.63, 3.8) is 0 Å². The molecular formula is C21H26ClN3O5S. The molecule has 2 aromatic carbocycles. The Morgan fingerprint density at radius 2 is 1.71 bits per heavy atom. The normalized spacial score (nSPS) is 11.6. The lowest BCUT2D eigenvalue weighted by Crippen LogP contribution is -2.40. The molecule has 10 heteroatoms. The molecule has 168 valence electrons. The van der Waals surface area contributed by atoms with Crippen molar-refractivity contribution in [2.75, 3.05) is 18.5 Å². The summed E-state index contributed by atoms with van der Waals surface area (Å²) in [5.41, 5.74) is -0.0978. The molecule has 0 aliphatic rings. The standard InChI is InChI=1S/C21H26ClN3O5S/c1-5-23-19(26)13-30-16-9-7-15(8-10-16)24-20(27)14-6-11-17(22)18(12-14)31(28,29)25-21(2,3)4/h6-12,25H,5,13H2,1-4H3,(H,23,26)(H,24,27). The second-order valence-corrected chi connectivity index (χ2v) is 9.78. The van der Waals surface area contributed by atoms with Gasteiger partial charge in [-0.05, 0) is 70.2 Å². The largest absolute Gasteiger partial charge is 0.484 e. The monoisotopic (exact) mass is 467 g/mol. The number of sulfonamides is 1. The van der Waals surface area contributed by atoms with Gasteiger partial charge in [-0.1, -0.05) is 11.6 Å². The maximum Gasteiger partial charge on any atom is 0.257 e. The summed E-state index contributed by atoms with van der Waals surface area (Å²) in [6.07, 6.45) is 0. The van der Waals surface area contributed by atoms with Gasteiger partial charge in [0.1, 0.15) is 10.6 Å². The van der Waals surface area contributed by atoms with E-state index in [1.54, 1.807) is 45.0 Å². The fourth-order valence-corrected chi connectivity index (χ4v) is 4.49. The summed E-state index contributed by atoms with van der Waals surface area (Å²) in [7, 11) is -3.91. The second-order valence-electron chi connectivity index (χ2n) is 7.72. The highest BCUT2D eigenvalue weighted by Crippen LogP contribution is 2.25. The molecule has 3 N–H and O–H groups in total. The molecular weight excluding hydrogens is 442 g/mol. The number of likely N-dealkylation sites (N-methyl/N-ethyl adjacent to an activating group) is 1. The zero-order valence-corrected chi connectivity index (χ0v) is 19.4. The van der Waals surface area contributed by atoms with Crippen molar-refractivity contribution >= 4 is 39.1 Å². The number of halogens is 1. The first-order valence-electron chi connectivity index (χ1n) is 9.56. The molecule has 0 bridgehead atoms. The van der Waals surface area contributed by atoms with Crippen LogP contribution in [-0.2, 0) is 14.8 Å². The lowest BCUT2D eigenvalue weighted by Gasteiger charge is -2.21. The Balaban J connectivity index is 2.11. The molecule has 0 unspecified atom stereocenters. The van der Waals surface area contributed by atoms with Gasteiger partial charge in [0.05, 0.1) is 5.02 Å². The van der Waals surface area contributed by atoms with Gasteiger partial charge in [-0.2, -0.15) is 0 Å². The Hall–Kier alpha value is -2.62. The topological polar surface area (TPSA) is 114 Å². The maximum absolute atomic E-state index is 12.6. The Labute approximate surface area is 187 Å². The molecule has 31 heavy (non-hydrogen) atoms. The van der Waals surface area contributed by atoms with Crippen molar-refractivity contribution < 1.29 is 22.7 Å². The van der Waals surface area contributed by atoms with Gasteiger partial charge in [-0.15, -0.1) is 0 Å². The minimum absolute atomic E-state index is 0.0157. The molecule has 0 radical (unpaired) electrons. The summed E-state index contributed by atoms with van der Waals surface area (Å²) in [6, 6.07) is 10.5. The van der Waals surface area contributed by atoms with E-state index in [0.717, 1.165) is 0 Å². The molecule has 8 nitrogen and oxygen atoms in total. The molecule has 0 fully saturated rings. The van der Waals surface area contributed by atoms with E-state index in [1.807, 2.05) is 6.92 Å². The number of hydrogen-bond acceptors (Lipinski definition) is 5. The minimum atomic E-state index is -3.91. The Bertz CT molecular complexity index is 1050. The molecule has 0 heterocycles. The zero-order chi connectivity index (χ0) is 23.2. The Morgan fingerprint density at radius 3 is 2.29 bits per heavy atom. The summed E-state index contributed by atoms with van der Waals surface area (Å²) in [6.45, 7) is 7.35. The highest BCUT2D eigenvalue weighted by atomic mass is 35.5. The Morgan fingerprint density at radius 1 is 1.06 bits per heavy atom. The zero-order valence-electron chi connectivity index (χ0n) is 17.8. The van der Waals surface area contributed by atoms with E-state index in [0.29, 0.717) is 18.0 Å². The number of carbonyl (C=O) groups is 2. The van der Waals surface area contributed by atoms with E-state index < -0.39 is 21.5 Å². The van der Waals surface area contributed by atoms with Crippen LogP contribution in [0.1, 0.15) is 38.1 Å². The summed E-state index contributed by atoms with van der Waals surface area (Å²) in [5.74, 6) is -0.258. The quantitative estimate of drug-likeness (QED) is 0.551. The van der Waals surface area contributed by atoms with Crippen molar-refractivity contribution in [2.45, 2.75) is 38.1 Å². The van der Waals surface area contributed by atoms with Crippen molar-refractivity contribution in [1.29, 1.82) is 0 Å². The number of amides is 2. The number of anilines is 1. The first kappa shape index (κ1) is 24.6. The van der Waals surface area contributed by atoms with Crippen LogP contribution >= 0.6 is 11.6 Å². The number of carbonyl (C=O) groups excluding carboxylic acids is 2. The maximum atomic E-state index is 12.6. The molecule has 0 saturated carbocycles. The molecule has 0 aliphatic heterocycles. The molecule has 0 aromatic heterocycles. The average molecular weight is 468 g/mol. The predicted octanol–water partition coefficient (Wildman–Crippen LogP) is 3.18. The highest BCUT2D eigenvalue weighted by molar-refractivity contribution is 7.89. The Kier molecular flexibility index (Phi) is 8.05. The van der Waals surface area contributed by atoms with Gasteiger partial charge in [0.25, 0.3) is 11.8 Å². The molecule has 0 spiro atoms. The molecule has 2 amide bonds. The number of nitrogens with one attached hydrogen (secondary N) is 3. The third kappa shape index (κ3) is 7.54. The van der Waals surface area contributed by atoms with Gasteiger partial charge in [0.15, 0.2) is 6.61 Å². The van der Waals surface area contributed by atoms with E-state index in [4.69, 9.17) is 16.3 Å². The SMILES string of the molecule is CCNC(=O)COc1ccc(NC(=O)c2ccc(Cl)c(S(=O)(=O)NC(C)(C)C)c2)cc1. The summed E-state index contributed by atoms with van der Waals surface area (Å²) >= 11 is 6.07. The molecule has 0 saturated heterocycles. The summed E-state index contributed by atoms with van der Waals surface area (Å²) in [5, 5.41) is 5.33. The van der Waals surface area contributed by atoms with Gasteiger partial charge in [0.2, 0.25) is 10.0 Å². The predicted molar refractivity (Wildman–Crippen MR) is 120 cm³/mol. The van der Waals surface area contributed by atoms with Crippen LogP contribution in [0.4, 0.5) is 5.69 Å². The highest BCUT2D eigenvalue weighted by Gasteiger charge is 2.25. The van der Waals surface area contributed by atoms with Crippen LogP contribution in [0.2, 0.25) is 5.02 Å². The first-order valence-corrected chi connectivity index (χ1v) is 11.4. The average Bonchev–Trinajstić information content (AvgIpc) is 2.66. The third-order valence-electron chi connectivity index (χ3n) is 3.78. The van der Waals surface area contributed by atoms with E-state index in [-0.39, 0.29) is 28.0 Å². The number of benzene rings is 2. The van der Waals surface area contributed by atoms with Crippen LogP contribution in [0, 0.1) is 0 Å². The number of ether oxygens (including phenoxy) is 1. The molecule has 0 aliphatic carbocycles. The fraction of sp³-hybridized carbons (Fsp3) is 0.333. The van der Waals surface area contributed by atoms with Crippen LogP contribution in [0.5, 0.6) is 5.75 Å². The number of hydrogen-bond donors (Lipinski definition) is 3. The fourth-order valence-electron chi connectivity index (χ4n) is 2.54. The molecule has 2 aromatic rings. The van der Waals surface area contributed by atoms with Crippen LogP contribution in [0.3, 0.4) is 0 Å². The van der Waals surface area contributed by atoms with Crippen molar-refractivity contribution in [2.24, 2.45) is 0 Å². The van der Waals surface area contributed by atoms with E-state index in [2.05, 4.69) is 15.4 Å². The van der Waals surface area contributed by atoms with E-state index in [1.165, 1.54) is 18.2 Å². The van der Waals surface area contributed by atoms with Crippen molar-refractivity contribution in [3.8, 4) is 5.75 Å². The van der Waals surface area contributed by atoms with Crippen molar-refractivity contribution in [3.05, 3.63) is 53.1 Å². The summed E-state index contributed by atoms with van der Waals surface area (Å²) in [4.78, 5) is 23.9. The smallest absolute Gasteiger partial charge is 0.257 e. The van der Waals surface area contributed by atoms with Gasteiger partial charge in [-0.3, -0.25) is 9.59 Å². The van der Waals surface area contributed by atoms with Crippen LogP contribution in [-0.4, -0.2) is 38.9 Å². The molecule has 2 rings (SSSR count). The van der Waals surface area contributed by atoms with E-state index >= 15 is 0 Å². The first-order chi connectivity index (χ1) is 14.4. The number of rotatable bonds is 8. The van der Waals surface area contributed by atoms with Gasteiger partial charge >= 0.3 is 0 Å². The van der Waals surface area contributed by atoms with Gasteiger partial charge in [0, 0.05) is 23.3 Å².